The van der Waals surface area contributed by atoms with E-state index in [4.69, 9.17) is 34.8 Å². The molecule has 3 aromatic carbocycles. The highest BCUT2D eigenvalue weighted by molar-refractivity contribution is 8.00. The molecule has 0 spiro atoms. The lowest BCUT2D eigenvalue weighted by Gasteiger charge is -2.39. The summed E-state index contributed by atoms with van der Waals surface area (Å²) in [6.07, 6.45) is 0.580. The van der Waals surface area contributed by atoms with Gasteiger partial charge in [-0.05, 0) is 48.6 Å². The van der Waals surface area contributed by atoms with Gasteiger partial charge < -0.3 is 5.32 Å². The second-order valence-electron chi connectivity index (χ2n) is 8.99. The summed E-state index contributed by atoms with van der Waals surface area (Å²) in [7, 11) is 0. The van der Waals surface area contributed by atoms with Gasteiger partial charge in [0.2, 0.25) is 0 Å². The number of thioether (sulfide) groups is 1. The smallest absolute Gasteiger partial charge is 0.282 e. The quantitative estimate of drug-likeness (QED) is 0.191. The maximum Gasteiger partial charge on any atom is 0.282 e. The molecule has 1 saturated carbocycles. The normalized spacial score (nSPS) is 24.5. The van der Waals surface area contributed by atoms with E-state index in [1.54, 1.807) is 36.4 Å². The second kappa shape index (κ2) is 9.74. The number of nitro groups is 2. The van der Waals surface area contributed by atoms with Crippen LogP contribution in [0.5, 0.6) is 0 Å². The van der Waals surface area contributed by atoms with Crippen LogP contribution in [0, 0.1) is 33.1 Å². The van der Waals surface area contributed by atoms with Gasteiger partial charge in [0.05, 0.1) is 31.7 Å². The molecule has 1 aliphatic carbocycles. The van der Waals surface area contributed by atoms with Crippen molar-refractivity contribution in [2.24, 2.45) is 5.92 Å². The van der Waals surface area contributed by atoms with Crippen LogP contribution in [0.15, 0.2) is 59.5 Å². The molecule has 36 heavy (non-hydrogen) atoms. The number of rotatable bonds is 5. The third-order valence-electron chi connectivity index (χ3n) is 6.99. The van der Waals surface area contributed by atoms with E-state index in [1.165, 1.54) is 23.9 Å². The van der Waals surface area contributed by atoms with Crippen molar-refractivity contribution in [3.8, 4) is 0 Å². The zero-order valence-corrected chi connectivity index (χ0v) is 21.9. The van der Waals surface area contributed by atoms with E-state index in [0.717, 1.165) is 11.1 Å². The summed E-state index contributed by atoms with van der Waals surface area (Å²) in [5.74, 6) is -0.500. The third kappa shape index (κ3) is 4.30. The summed E-state index contributed by atoms with van der Waals surface area (Å²) >= 11 is 21.2. The molecule has 1 heterocycles. The topological polar surface area (TPSA) is 98.3 Å². The van der Waals surface area contributed by atoms with E-state index in [9.17, 15) is 20.2 Å². The molecule has 0 saturated heterocycles. The monoisotopic (exact) mass is 563 g/mol. The average Bonchev–Trinajstić information content (AvgIpc) is 3.15. The molecule has 1 fully saturated rings. The first-order chi connectivity index (χ1) is 17.2. The first-order valence-electron chi connectivity index (χ1n) is 11.2. The van der Waals surface area contributed by atoms with Gasteiger partial charge in [0.25, 0.3) is 11.4 Å². The summed E-state index contributed by atoms with van der Waals surface area (Å²) in [6, 6.07) is 14.8. The minimum atomic E-state index is -0.505. The number of anilines is 1. The highest BCUT2D eigenvalue weighted by Crippen LogP contribution is 2.60. The molecule has 0 unspecified atom stereocenters. The van der Waals surface area contributed by atoms with Crippen molar-refractivity contribution in [1.82, 2.24) is 0 Å². The maximum absolute atomic E-state index is 12.0. The third-order valence-corrected chi connectivity index (χ3v) is 9.67. The molecule has 3 aromatic rings. The minimum absolute atomic E-state index is 0.0129. The van der Waals surface area contributed by atoms with Crippen LogP contribution in [0.1, 0.15) is 35.1 Å². The number of alkyl halides is 1. The molecule has 1 aliphatic heterocycles. The fraction of sp³-hybridized carbons (Fsp3) is 0.280. The molecule has 11 heteroatoms. The zero-order valence-electron chi connectivity index (χ0n) is 18.9. The number of hydrogen-bond acceptors (Lipinski definition) is 6. The summed E-state index contributed by atoms with van der Waals surface area (Å²) in [4.78, 5) is 23.4. The van der Waals surface area contributed by atoms with Crippen LogP contribution >= 0.6 is 46.6 Å². The van der Waals surface area contributed by atoms with Crippen LogP contribution in [0.2, 0.25) is 10.0 Å². The predicted molar refractivity (Wildman–Crippen MR) is 144 cm³/mol. The highest BCUT2D eigenvalue weighted by atomic mass is 35.5. The Bertz CT molecular complexity index is 1390. The summed E-state index contributed by atoms with van der Waals surface area (Å²) in [5.41, 5.74) is 2.98. The molecule has 1 N–H and O–H groups in total. The van der Waals surface area contributed by atoms with Gasteiger partial charge in [-0.3, -0.25) is 20.2 Å². The van der Waals surface area contributed by atoms with Gasteiger partial charge in [0, 0.05) is 39.0 Å². The molecule has 7 nitrogen and oxygen atoms in total. The summed E-state index contributed by atoms with van der Waals surface area (Å²) in [5, 5.41) is 27.4. The SMILES string of the molecule is Cc1ccc([N+](=O)[O-])c2c1N[C@H](c1ccc(Cl)cc1Cl)[C@@H]1C[C@@H](Sc3ccccc3[N+](=O)[O-])[C@@H](Cl)[C@H]21. The molecule has 5 atom stereocenters. The van der Waals surface area contributed by atoms with Crippen LogP contribution in [0.4, 0.5) is 17.1 Å². The number of fused-ring (bicyclic) bond motifs is 3. The molecular formula is C25H20Cl3N3O4S. The van der Waals surface area contributed by atoms with Gasteiger partial charge in [-0.2, -0.15) is 0 Å². The number of nitrogens with zero attached hydrogens (tertiary/aromatic N) is 2. The Morgan fingerprint density at radius 2 is 1.72 bits per heavy atom. The maximum atomic E-state index is 12.0. The van der Waals surface area contributed by atoms with Crippen molar-refractivity contribution in [3.63, 3.8) is 0 Å². The van der Waals surface area contributed by atoms with Gasteiger partial charge >= 0.3 is 0 Å². The zero-order chi connectivity index (χ0) is 25.7. The standard InChI is InChI=1S/C25H20Cl3N3O4S/c1-12-6-9-18(31(34)35)22-21-15(25(29-24(12)22)14-8-7-13(26)10-16(14)27)11-20(23(21)28)36-19-5-3-2-4-17(19)30(32)33/h2-10,15,20-21,23,25,29H,11H2,1H3/t15-,20-,21+,23-,25-/m1/s1. The lowest BCUT2D eigenvalue weighted by Crippen LogP contribution is -2.32. The molecule has 186 valence electrons. The average molecular weight is 565 g/mol. The molecule has 5 rings (SSSR count). The van der Waals surface area contributed by atoms with Crippen LogP contribution in [0.25, 0.3) is 0 Å². The molecule has 0 aromatic heterocycles. The Hall–Kier alpha value is -2.52. The fourth-order valence-electron chi connectivity index (χ4n) is 5.44. The van der Waals surface area contributed by atoms with Gasteiger partial charge in [0.1, 0.15) is 0 Å². The van der Waals surface area contributed by atoms with Gasteiger partial charge in [-0.1, -0.05) is 47.5 Å². The molecular weight excluding hydrogens is 545 g/mol. The fourth-order valence-corrected chi connectivity index (χ4v) is 7.90. The predicted octanol–water partition coefficient (Wildman–Crippen LogP) is 8.16. The Labute approximate surface area is 226 Å². The lowest BCUT2D eigenvalue weighted by molar-refractivity contribution is -0.387. The summed E-state index contributed by atoms with van der Waals surface area (Å²) < 4.78 is 0. The van der Waals surface area contributed by atoms with Crippen LogP contribution in [-0.2, 0) is 0 Å². The Kier molecular flexibility index (Phi) is 6.80. The minimum Gasteiger partial charge on any atom is -0.377 e. The number of halogens is 3. The summed E-state index contributed by atoms with van der Waals surface area (Å²) in [6.45, 7) is 1.90. The van der Waals surface area contributed by atoms with Crippen LogP contribution in [-0.4, -0.2) is 20.5 Å². The Balaban J connectivity index is 1.63. The van der Waals surface area contributed by atoms with Crippen molar-refractivity contribution in [3.05, 3.63) is 102 Å². The number of nitrogens with one attached hydrogen (secondary N) is 1. The number of hydrogen-bond donors (Lipinski definition) is 1. The Morgan fingerprint density at radius 1 is 1.00 bits per heavy atom. The Morgan fingerprint density at radius 3 is 2.42 bits per heavy atom. The van der Waals surface area contributed by atoms with Crippen LogP contribution in [0.3, 0.4) is 0 Å². The van der Waals surface area contributed by atoms with E-state index in [2.05, 4.69) is 5.32 Å². The lowest BCUT2D eigenvalue weighted by atomic mass is 9.76. The number of benzene rings is 3. The van der Waals surface area contributed by atoms with Gasteiger partial charge in [-0.15, -0.1) is 23.4 Å². The van der Waals surface area contributed by atoms with Crippen molar-refractivity contribution >= 4 is 63.6 Å². The van der Waals surface area contributed by atoms with Crippen molar-refractivity contribution < 1.29 is 9.85 Å². The molecule has 0 bridgehead atoms. The van der Waals surface area contributed by atoms with Crippen molar-refractivity contribution in [2.45, 2.75) is 40.8 Å². The second-order valence-corrected chi connectivity index (χ2v) is 11.6. The van der Waals surface area contributed by atoms with Crippen molar-refractivity contribution in [1.29, 1.82) is 0 Å². The first-order valence-corrected chi connectivity index (χ1v) is 13.3. The largest absolute Gasteiger partial charge is 0.377 e. The molecule has 2 aliphatic rings. The van der Waals surface area contributed by atoms with E-state index < -0.39 is 10.3 Å². The van der Waals surface area contributed by atoms with E-state index in [-0.39, 0.29) is 39.4 Å². The number of aryl methyl sites for hydroxylation is 1. The first kappa shape index (κ1) is 25.1. The van der Waals surface area contributed by atoms with E-state index >= 15 is 0 Å². The molecule has 0 amide bonds. The van der Waals surface area contributed by atoms with Crippen molar-refractivity contribution in [2.75, 3.05) is 5.32 Å². The van der Waals surface area contributed by atoms with Gasteiger partial charge in [0.15, 0.2) is 0 Å². The molecule has 0 radical (unpaired) electrons. The van der Waals surface area contributed by atoms with Gasteiger partial charge in [-0.25, -0.2) is 0 Å². The highest BCUT2D eigenvalue weighted by Gasteiger charge is 2.53. The van der Waals surface area contributed by atoms with E-state index in [1.807, 2.05) is 13.0 Å². The van der Waals surface area contributed by atoms with E-state index in [0.29, 0.717) is 32.6 Å². The number of para-hydroxylation sites is 1. The number of nitro benzene ring substituents is 2. The van der Waals surface area contributed by atoms with Crippen LogP contribution < -0.4 is 5.32 Å².